The standard InChI is InChI=1S/C18H14F2N2O3S/c19-12-3-1-11(2-4-12)16-22-18(17(25-16)21-14-7-8-14)26(23,24)15-9-5-13(20)6-10-15/h1-6,9-10,14,21H,7-8H2. The van der Waals surface area contributed by atoms with Crippen molar-refractivity contribution in [3.05, 3.63) is 60.2 Å². The van der Waals surface area contributed by atoms with Crippen LogP contribution in [0.1, 0.15) is 12.8 Å². The van der Waals surface area contributed by atoms with Crippen molar-refractivity contribution >= 4 is 15.7 Å². The van der Waals surface area contributed by atoms with Crippen molar-refractivity contribution in [2.75, 3.05) is 5.32 Å². The number of benzene rings is 2. The van der Waals surface area contributed by atoms with Gasteiger partial charge in [0.15, 0.2) is 0 Å². The van der Waals surface area contributed by atoms with Crippen LogP contribution in [0.2, 0.25) is 0 Å². The van der Waals surface area contributed by atoms with Crippen LogP contribution in [-0.4, -0.2) is 19.4 Å². The Morgan fingerprint density at radius 3 is 2.12 bits per heavy atom. The molecule has 1 N–H and O–H groups in total. The fourth-order valence-electron chi connectivity index (χ4n) is 2.43. The quantitative estimate of drug-likeness (QED) is 0.681. The van der Waals surface area contributed by atoms with Crippen LogP contribution in [0.25, 0.3) is 11.5 Å². The zero-order chi connectivity index (χ0) is 18.3. The van der Waals surface area contributed by atoms with E-state index < -0.39 is 21.5 Å². The molecule has 2 aromatic carbocycles. The number of halogens is 2. The van der Waals surface area contributed by atoms with Gasteiger partial charge in [0.25, 0.3) is 0 Å². The summed E-state index contributed by atoms with van der Waals surface area (Å²) in [5.74, 6) is -0.854. The van der Waals surface area contributed by atoms with E-state index in [4.69, 9.17) is 4.42 Å². The maximum absolute atomic E-state index is 13.1. The minimum atomic E-state index is -4.01. The number of hydrogen-bond acceptors (Lipinski definition) is 5. The van der Waals surface area contributed by atoms with Gasteiger partial charge in [-0.25, -0.2) is 17.2 Å². The Morgan fingerprint density at radius 2 is 1.54 bits per heavy atom. The molecule has 1 heterocycles. The number of nitrogens with one attached hydrogen (secondary N) is 1. The molecule has 5 nitrogen and oxygen atoms in total. The maximum Gasteiger partial charge on any atom is 0.234 e. The zero-order valence-corrected chi connectivity index (χ0v) is 14.3. The molecule has 0 atom stereocenters. The number of rotatable bonds is 5. The minimum Gasteiger partial charge on any atom is -0.419 e. The Hall–Kier alpha value is -2.74. The summed E-state index contributed by atoms with van der Waals surface area (Å²) < 4.78 is 57.7. The van der Waals surface area contributed by atoms with E-state index >= 15 is 0 Å². The molecule has 26 heavy (non-hydrogen) atoms. The molecular formula is C18H14F2N2O3S. The monoisotopic (exact) mass is 376 g/mol. The molecule has 1 fully saturated rings. The first kappa shape index (κ1) is 16.7. The summed E-state index contributed by atoms with van der Waals surface area (Å²) >= 11 is 0. The molecule has 0 bridgehead atoms. The van der Waals surface area contributed by atoms with E-state index in [1.165, 1.54) is 36.4 Å². The normalized spacial score (nSPS) is 14.4. The van der Waals surface area contributed by atoms with E-state index in [1.807, 2.05) is 0 Å². The molecule has 1 aromatic heterocycles. The van der Waals surface area contributed by atoms with Crippen LogP contribution in [-0.2, 0) is 9.84 Å². The summed E-state index contributed by atoms with van der Waals surface area (Å²) in [4.78, 5) is 4.04. The molecule has 134 valence electrons. The third-order valence-corrected chi connectivity index (χ3v) is 5.66. The third kappa shape index (κ3) is 3.20. The first-order chi connectivity index (χ1) is 12.4. The average Bonchev–Trinajstić information content (AvgIpc) is 3.32. The molecule has 1 saturated carbocycles. The number of nitrogens with zero attached hydrogens (tertiary/aromatic N) is 1. The van der Waals surface area contributed by atoms with Gasteiger partial charge in [0.2, 0.25) is 26.6 Å². The molecule has 1 aliphatic carbocycles. The lowest BCUT2D eigenvalue weighted by Gasteiger charge is -2.04. The molecule has 0 saturated heterocycles. The molecule has 3 aromatic rings. The SMILES string of the molecule is O=S(=O)(c1ccc(F)cc1)c1nc(-c2ccc(F)cc2)oc1NC1CC1. The Balaban J connectivity index is 1.80. The zero-order valence-electron chi connectivity index (χ0n) is 13.4. The fourth-order valence-corrected chi connectivity index (χ4v) is 3.70. The van der Waals surface area contributed by atoms with E-state index in [1.54, 1.807) is 0 Å². The van der Waals surface area contributed by atoms with Crippen LogP contribution in [0.4, 0.5) is 14.7 Å². The lowest BCUT2D eigenvalue weighted by atomic mass is 10.2. The van der Waals surface area contributed by atoms with Crippen LogP contribution in [0.15, 0.2) is 62.9 Å². The summed E-state index contributed by atoms with van der Waals surface area (Å²) in [6.07, 6.45) is 1.81. The summed E-state index contributed by atoms with van der Waals surface area (Å²) in [5.41, 5.74) is 0.450. The van der Waals surface area contributed by atoms with Crippen LogP contribution in [0.5, 0.6) is 0 Å². The second-order valence-electron chi connectivity index (χ2n) is 6.04. The van der Waals surface area contributed by atoms with Gasteiger partial charge in [-0.1, -0.05) is 0 Å². The third-order valence-electron chi connectivity index (χ3n) is 3.98. The highest BCUT2D eigenvalue weighted by Crippen LogP contribution is 2.35. The van der Waals surface area contributed by atoms with Crippen LogP contribution >= 0.6 is 0 Å². The predicted octanol–water partition coefficient (Wildman–Crippen LogP) is 4.03. The number of oxazole rings is 1. The van der Waals surface area contributed by atoms with E-state index in [-0.39, 0.29) is 27.7 Å². The number of anilines is 1. The van der Waals surface area contributed by atoms with Gasteiger partial charge in [0, 0.05) is 11.6 Å². The van der Waals surface area contributed by atoms with Crippen LogP contribution < -0.4 is 5.32 Å². The highest BCUT2D eigenvalue weighted by atomic mass is 32.2. The van der Waals surface area contributed by atoms with Crippen molar-refractivity contribution in [3.63, 3.8) is 0 Å². The van der Waals surface area contributed by atoms with Crippen molar-refractivity contribution in [1.29, 1.82) is 0 Å². The summed E-state index contributed by atoms with van der Waals surface area (Å²) in [5, 5.41) is 2.75. The predicted molar refractivity (Wildman–Crippen MR) is 90.4 cm³/mol. The van der Waals surface area contributed by atoms with Crippen molar-refractivity contribution in [2.24, 2.45) is 0 Å². The van der Waals surface area contributed by atoms with Gasteiger partial charge in [0.1, 0.15) is 11.6 Å². The average molecular weight is 376 g/mol. The van der Waals surface area contributed by atoms with E-state index in [0.29, 0.717) is 5.56 Å². The highest BCUT2D eigenvalue weighted by Gasteiger charge is 2.32. The molecule has 1 aliphatic rings. The van der Waals surface area contributed by atoms with E-state index in [0.717, 1.165) is 25.0 Å². The van der Waals surface area contributed by atoms with Gasteiger partial charge in [-0.3, -0.25) is 0 Å². The Morgan fingerprint density at radius 1 is 0.962 bits per heavy atom. The minimum absolute atomic E-state index is 0.0381. The first-order valence-electron chi connectivity index (χ1n) is 7.97. The van der Waals surface area contributed by atoms with Crippen molar-refractivity contribution in [3.8, 4) is 11.5 Å². The van der Waals surface area contributed by atoms with Gasteiger partial charge in [-0.05, 0) is 61.4 Å². The molecular weight excluding hydrogens is 362 g/mol. The first-order valence-corrected chi connectivity index (χ1v) is 9.46. The molecule has 0 aliphatic heterocycles. The molecule has 0 unspecified atom stereocenters. The summed E-state index contributed by atoms with van der Waals surface area (Å²) in [7, 11) is -4.01. The Kier molecular flexibility index (Phi) is 3.99. The molecule has 4 rings (SSSR count). The van der Waals surface area contributed by atoms with Gasteiger partial charge >= 0.3 is 0 Å². The lowest BCUT2D eigenvalue weighted by Crippen LogP contribution is -2.08. The van der Waals surface area contributed by atoms with Crippen molar-refractivity contribution in [1.82, 2.24) is 4.98 Å². The Labute approximate surface area is 148 Å². The van der Waals surface area contributed by atoms with Crippen LogP contribution in [0.3, 0.4) is 0 Å². The number of sulfone groups is 1. The van der Waals surface area contributed by atoms with Crippen LogP contribution in [0, 0.1) is 11.6 Å². The molecule has 0 radical (unpaired) electrons. The summed E-state index contributed by atoms with van der Waals surface area (Å²) in [6, 6.07) is 10.0. The molecule has 0 amide bonds. The van der Waals surface area contributed by atoms with Gasteiger partial charge in [-0.2, -0.15) is 4.98 Å². The second-order valence-corrected chi connectivity index (χ2v) is 7.90. The molecule has 0 spiro atoms. The number of hydrogen-bond donors (Lipinski definition) is 1. The van der Waals surface area contributed by atoms with Gasteiger partial charge < -0.3 is 9.73 Å². The molecule has 8 heteroatoms. The smallest absolute Gasteiger partial charge is 0.234 e. The highest BCUT2D eigenvalue weighted by molar-refractivity contribution is 7.91. The topological polar surface area (TPSA) is 72.2 Å². The van der Waals surface area contributed by atoms with Crippen molar-refractivity contribution in [2.45, 2.75) is 28.8 Å². The fraction of sp³-hybridized carbons (Fsp3) is 0.167. The Bertz CT molecular complexity index is 1040. The van der Waals surface area contributed by atoms with Gasteiger partial charge in [-0.15, -0.1) is 0 Å². The maximum atomic E-state index is 13.1. The summed E-state index contributed by atoms with van der Waals surface area (Å²) in [6.45, 7) is 0. The number of aromatic nitrogens is 1. The van der Waals surface area contributed by atoms with E-state index in [2.05, 4.69) is 10.3 Å². The largest absolute Gasteiger partial charge is 0.419 e. The van der Waals surface area contributed by atoms with Crippen molar-refractivity contribution < 1.29 is 21.6 Å². The second kappa shape index (κ2) is 6.21. The van der Waals surface area contributed by atoms with Gasteiger partial charge in [0.05, 0.1) is 4.90 Å². The van der Waals surface area contributed by atoms with E-state index in [9.17, 15) is 17.2 Å². The lowest BCUT2D eigenvalue weighted by molar-refractivity contribution is 0.576.